The summed E-state index contributed by atoms with van der Waals surface area (Å²) in [7, 11) is 0. The number of thiazole rings is 1. The zero-order chi connectivity index (χ0) is 14.7. The molecule has 3 aromatic rings. The van der Waals surface area contributed by atoms with E-state index in [0.29, 0.717) is 6.42 Å². The molecule has 1 aromatic heterocycles. The van der Waals surface area contributed by atoms with Gasteiger partial charge < -0.3 is 5.11 Å². The van der Waals surface area contributed by atoms with Crippen molar-refractivity contribution in [3.05, 3.63) is 74.1 Å². The third-order valence-electron chi connectivity index (χ3n) is 3.25. The number of hydrogen-bond donors (Lipinski definition) is 1. The van der Waals surface area contributed by atoms with Crippen molar-refractivity contribution in [2.75, 3.05) is 0 Å². The maximum Gasteiger partial charge on any atom is 0.0961 e. The van der Waals surface area contributed by atoms with Crippen LogP contribution in [0.25, 0.3) is 11.3 Å². The van der Waals surface area contributed by atoms with Crippen molar-refractivity contribution in [2.24, 2.45) is 0 Å². The molecule has 1 N–H and O–H groups in total. The molecule has 0 saturated carbocycles. The lowest BCUT2D eigenvalue weighted by molar-refractivity contribution is 0.177. The van der Waals surface area contributed by atoms with Gasteiger partial charge in [-0.2, -0.15) is 0 Å². The van der Waals surface area contributed by atoms with Crippen molar-refractivity contribution in [1.29, 1.82) is 0 Å². The Morgan fingerprint density at radius 2 is 1.76 bits per heavy atom. The van der Waals surface area contributed by atoms with Crippen molar-refractivity contribution in [3.8, 4) is 11.3 Å². The van der Waals surface area contributed by atoms with E-state index in [0.717, 1.165) is 25.4 Å². The first-order valence-corrected chi connectivity index (χ1v) is 8.62. The average Bonchev–Trinajstić information content (AvgIpc) is 2.97. The average molecular weight is 407 g/mol. The molecular weight excluding hydrogens is 393 g/mol. The minimum absolute atomic E-state index is 0.507. The molecule has 21 heavy (non-hydrogen) atoms. The highest BCUT2D eigenvalue weighted by Crippen LogP contribution is 2.27. The zero-order valence-electron chi connectivity index (χ0n) is 11.2. The number of benzene rings is 2. The fourth-order valence-electron chi connectivity index (χ4n) is 2.17. The van der Waals surface area contributed by atoms with Gasteiger partial charge in [-0.1, -0.05) is 48.5 Å². The van der Waals surface area contributed by atoms with Gasteiger partial charge in [0.25, 0.3) is 0 Å². The van der Waals surface area contributed by atoms with Crippen molar-refractivity contribution in [2.45, 2.75) is 12.5 Å². The fraction of sp³-hybridized carbons (Fsp3) is 0.118. The molecule has 2 nitrogen and oxygen atoms in total. The smallest absolute Gasteiger partial charge is 0.0961 e. The Hall–Kier alpha value is -1.24. The molecule has 4 heteroatoms. The molecule has 0 spiro atoms. The van der Waals surface area contributed by atoms with Crippen molar-refractivity contribution >= 4 is 33.9 Å². The van der Waals surface area contributed by atoms with Gasteiger partial charge in [-0.3, -0.25) is 0 Å². The van der Waals surface area contributed by atoms with Crippen LogP contribution in [0.5, 0.6) is 0 Å². The Kier molecular flexibility index (Phi) is 4.67. The van der Waals surface area contributed by atoms with Crippen LogP contribution in [0.1, 0.15) is 16.7 Å². The molecule has 1 atom stereocenters. The van der Waals surface area contributed by atoms with E-state index in [1.807, 2.05) is 47.8 Å². The second-order valence-electron chi connectivity index (χ2n) is 4.73. The highest BCUT2D eigenvalue weighted by molar-refractivity contribution is 14.1. The molecule has 2 aromatic carbocycles. The third-order valence-corrected chi connectivity index (χ3v) is 5.11. The van der Waals surface area contributed by atoms with Crippen LogP contribution in [0.15, 0.2) is 60.0 Å². The summed E-state index contributed by atoms with van der Waals surface area (Å²) in [6.07, 6.45) is 0.0465. The van der Waals surface area contributed by atoms with Gasteiger partial charge in [0.2, 0.25) is 0 Å². The number of nitrogens with zero attached hydrogens (tertiary/aromatic N) is 1. The van der Waals surface area contributed by atoms with E-state index in [1.54, 1.807) is 11.3 Å². The number of aromatic nitrogens is 1. The lowest BCUT2D eigenvalue weighted by atomic mass is 10.1. The van der Waals surface area contributed by atoms with Gasteiger partial charge in [-0.05, 0) is 34.2 Å². The van der Waals surface area contributed by atoms with Crippen LogP contribution in [0.2, 0.25) is 0 Å². The van der Waals surface area contributed by atoms with Gasteiger partial charge in [0.05, 0.1) is 16.8 Å². The van der Waals surface area contributed by atoms with Crippen LogP contribution in [0, 0.1) is 3.57 Å². The standard InChI is InChI=1S/C17H14INOS/c18-14-9-5-4-8-13(14)16(20)10-17-19-15(11-21-17)12-6-2-1-3-7-12/h1-9,11,16,20H,10H2. The second-order valence-corrected chi connectivity index (χ2v) is 6.84. The van der Waals surface area contributed by atoms with E-state index in [9.17, 15) is 5.11 Å². The van der Waals surface area contributed by atoms with E-state index in [-0.39, 0.29) is 0 Å². The maximum absolute atomic E-state index is 10.4. The number of halogens is 1. The summed E-state index contributed by atoms with van der Waals surface area (Å²) in [6.45, 7) is 0. The Bertz CT molecular complexity index is 726. The summed E-state index contributed by atoms with van der Waals surface area (Å²) in [6, 6.07) is 18.0. The summed E-state index contributed by atoms with van der Waals surface area (Å²) >= 11 is 3.86. The molecule has 0 aliphatic carbocycles. The normalized spacial score (nSPS) is 12.3. The molecule has 1 unspecified atom stereocenters. The van der Waals surface area contributed by atoms with Gasteiger partial charge in [0.1, 0.15) is 0 Å². The first-order chi connectivity index (χ1) is 10.2. The van der Waals surface area contributed by atoms with E-state index in [1.165, 1.54) is 0 Å². The van der Waals surface area contributed by atoms with E-state index >= 15 is 0 Å². The minimum Gasteiger partial charge on any atom is -0.388 e. The second kappa shape index (κ2) is 6.68. The number of hydrogen-bond acceptors (Lipinski definition) is 3. The Morgan fingerprint density at radius 1 is 1.05 bits per heavy atom. The van der Waals surface area contributed by atoms with Crippen LogP contribution >= 0.6 is 33.9 Å². The quantitative estimate of drug-likeness (QED) is 0.637. The molecule has 0 fully saturated rings. The Morgan fingerprint density at radius 3 is 2.52 bits per heavy atom. The van der Waals surface area contributed by atoms with Crippen LogP contribution in [-0.2, 0) is 6.42 Å². The predicted octanol–water partition coefficient (Wildman–Crippen LogP) is 4.69. The van der Waals surface area contributed by atoms with Gasteiger partial charge in [0, 0.05) is 20.9 Å². The molecule has 0 bridgehead atoms. The Labute approximate surface area is 141 Å². The van der Waals surface area contributed by atoms with Crippen LogP contribution in [-0.4, -0.2) is 10.1 Å². The number of rotatable bonds is 4. The SMILES string of the molecule is OC(Cc1nc(-c2ccccc2)cs1)c1ccccc1I. The third kappa shape index (κ3) is 3.51. The molecule has 0 aliphatic heterocycles. The number of aliphatic hydroxyl groups excluding tert-OH is 1. The van der Waals surface area contributed by atoms with Crippen molar-refractivity contribution in [3.63, 3.8) is 0 Å². The monoisotopic (exact) mass is 407 g/mol. The zero-order valence-corrected chi connectivity index (χ0v) is 14.2. The highest BCUT2D eigenvalue weighted by Gasteiger charge is 2.14. The summed E-state index contributed by atoms with van der Waals surface area (Å²) < 4.78 is 1.09. The summed E-state index contributed by atoms with van der Waals surface area (Å²) in [4.78, 5) is 4.63. The first kappa shape index (κ1) is 14.7. The van der Waals surface area contributed by atoms with Crippen molar-refractivity contribution < 1.29 is 5.11 Å². The number of aliphatic hydroxyl groups is 1. The summed E-state index contributed by atoms with van der Waals surface area (Å²) in [5.74, 6) is 0. The van der Waals surface area contributed by atoms with Crippen LogP contribution < -0.4 is 0 Å². The highest BCUT2D eigenvalue weighted by atomic mass is 127. The topological polar surface area (TPSA) is 33.1 Å². The van der Waals surface area contributed by atoms with E-state index in [4.69, 9.17) is 0 Å². The summed E-state index contributed by atoms with van der Waals surface area (Å²) in [5, 5.41) is 13.4. The van der Waals surface area contributed by atoms with Gasteiger partial charge in [-0.15, -0.1) is 11.3 Å². The van der Waals surface area contributed by atoms with Gasteiger partial charge in [-0.25, -0.2) is 4.98 Å². The largest absolute Gasteiger partial charge is 0.388 e. The molecule has 0 radical (unpaired) electrons. The fourth-order valence-corrected chi connectivity index (χ4v) is 3.76. The lowest BCUT2D eigenvalue weighted by Gasteiger charge is -2.11. The first-order valence-electron chi connectivity index (χ1n) is 6.66. The molecule has 1 heterocycles. The Balaban J connectivity index is 1.77. The van der Waals surface area contributed by atoms with Gasteiger partial charge in [0.15, 0.2) is 0 Å². The predicted molar refractivity (Wildman–Crippen MR) is 95.4 cm³/mol. The minimum atomic E-state index is -0.507. The molecule has 0 amide bonds. The molecule has 0 saturated heterocycles. The van der Waals surface area contributed by atoms with E-state index < -0.39 is 6.10 Å². The molecular formula is C17H14INOS. The lowest BCUT2D eigenvalue weighted by Crippen LogP contribution is -2.03. The molecule has 0 aliphatic rings. The van der Waals surface area contributed by atoms with Gasteiger partial charge >= 0.3 is 0 Å². The van der Waals surface area contributed by atoms with Crippen molar-refractivity contribution in [1.82, 2.24) is 4.98 Å². The van der Waals surface area contributed by atoms with Crippen LogP contribution in [0.4, 0.5) is 0 Å². The maximum atomic E-state index is 10.4. The van der Waals surface area contributed by atoms with E-state index in [2.05, 4.69) is 39.7 Å². The molecule has 3 rings (SSSR count). The molecule has 106 valence electrons. The summed E-state index contributed by atoms with van der Waals surface area (Å²) in [5.41, 5.74) is 3.06. The van der Waals surface area contributed by atoms with Crippen LogP contribution in [0.3, 0.4) is 0 Å².